The van der Waals surface area contributed by atoms with E-state index in [2.05, 4.69) is 50.0 Å². The highest BCUT2D eigenvalue weighted by molar-refractivity contribution is 5.99. The van der Waals surface area contributed by atoms with Gasteiger partial charge in [0, 0.05) is 23.7 Å². The van der Waals surface area contributed by atoms with Crippen LogP contribution in [0.4, 0.5) is 0 Å². The summed E-state index contributed by atoms with van der Waals surface area (Å²) in [7, 11) is 0. The number of nitrogens with zero attached hydrogens (tertiary/aromatic N) is 1. The SMILES string of the molecule is CC(C)CCN1C(=O)c2ccccc2[C@@H]1N[C@@H]1CCC[C@H](C)[C@@H]1C. The largest absolute Gasteiger partial charge is 0.319 e. The van der Waals surface area contributed by atoms with E-state index in [1.165, 1.54) is 19.3 Å². The van der Waals surface area contributed by atoms with Gasteiger partial charge in [0.15, 0.2) is 0 Å². The van der Waals surface area contributed by atoms with Crippen molar-refractivity contribution >= 4 is 5.91 Å². The lowest BCUT2D eigenvalue weighted by Gasteiger charge is -2.38. The van der Waals surface area contributed by atoms with Crippen molar-refractivity contribution in [3.63, 3.8) is 0 Å². The summed E-state index contributed by atoms with van der Waals surface area (Å²) in [6.45, 7) is 10.0. The van der Waals surface area contributed by atoms with Crippen molar-refractivity contribution in [1.29, 1.82) is 0 Å². The number of carbonyl (C=O) groups excluding carboxylic acids is 1. The Kier molecular flexibility index (Phi) is 5.29. The fourth-order valence-corrected chi connectivity index (χ4v) is 4.20. The Labute approximate surface area is 146 Å². The van der Waals surface area contributed by atoms with Crippen molar-refractivity contribution < 1.29 is 4.79 Å². The highest BCUT2D eigenvalue weighted by atomic mass is 16.2. The predicted octanol–water partition coefficient (Wildman–Crippen LogP) is 4.60. The van der Waals surface area contributed by atoms with E-state index in [0.717, 1.165) is 30.0 Å². The molecule has 1 fully saturated rings. The molecule has 1 amide bonds. The molecule has 24 heavy (non-hydrogen) atoms. The minimum atomic E-state index is 0.0465. The van der Waals surface area contributed by atoms with Crippen molar-refractivity contribution in [2.45, 2.75) is 65.6 Å². The van der Waals surface area contributed by atoms with Gasteiger partial charge in [-0.05, 0) is 36.7 Å². The maximum atomic E-state index is 12.9. The van der Waals surface area contributed by atoms with Crippen molar-refractivity contribution in [2.75, 3.05) is 6.54 Å². The number of carbonyl (C=O) groups is 1. The van der Waals surface area contributed by atoms with E-state index in [1.54, 1.807) is 0 Å². The van der Waals surface area contributed by atoms with Gasteiger partial charge in [0.05, 0.1) is 0 Å². The first-order chi connectivity index (χ1) is 11.5. The molecular weight excluding hydrogens is 296 g/mol. The summed E-state index contributed by atoms with van der Waals surface area (Å²) in [4.78, 5) is 15.0. The molecule has 0 saturated heterocycles. The summed E-state index contributed by atoms with van der Waals surface area (Å²) >= 11 is 0. The van der Waals surface area contributed by atoms with Gasteiger partial charge in [-0.1, -0.05) is 58.7 Å². The second-order valence-electron chi connectivity index (χ2n) is 8.21. The summed E-state index contributed by atoms with van der Waals surface area (Å²) in [5.74, 6) is 2.22. The number of hydrogen-bond donors (Lipinski definition) is 1. The van der Waals surface area contributed by atoms with Crippen LogP contribution in [-0.4, -0.2) is 23.4 Å². The second-order valence-corrected chi connectivity index (χ2v) is 8.21. The van der Waals surface area contributed by atoms with Crippen LogP contribution in [0, 0.1) is 17.8 Å². The molecule has 4 atom stereocenters. The fourth-order valence-electron chi connectivity index (χ4n) is 4.20. The Bertz CT molecular complexity index is 583. The molecule has 1 N–H and O–H groups in total. The normalized spacial score (nSPS) is 30.0. The molecule has 1 aromatic carbocycles. The van der Waals surface area contributed by atoms with E-state index in [9.17, 15) is 4.79 Å². The maximum Gasteiger partial charge on any atom is 0.255 e. The summed E-state index contributed by atoms with van der Waals surface area (Å²) < 4.78 is 0. The van der Waals surface area contributed by atoms with Crippen molar-refractivity contribution in [3.8, 4) is 0 Å². The number of amides is 1. The third-order valence-electron chi connectivity index (χ3n) is 6.08. The summed E-state index contributed by atoms with van der Waals surface area (Å²) in [6, 6.07) is 8.63. The quantitative estimate of drug-likeness (QED) is 0.856. The van der Waals surface area contributed by atoms with E-state index in [-0.39, 0.29) is 12.1 Å². The lowest BCUT2D eigenvalue weighted by atomic mass is 9.78. The minimum Gasteiger partial charge on any atom is -0.319 e. The van der Waals surface area contributed by atoms with Crippen molar-refractivity contribution in [2.24, 2.45) is 17.8 Å². The predicted molar refractivity (Wildman–Crippen MR) is 98.8 cm³/mol. The van der Waals surface area contributed by atoms with Crippen LogP contribution in [0.25, 0.3) is 0 Å². The van der Waals surface area contributed by atoms with Crippen LogP contribution < -0.4 is 5.32 Å². The van der Waals surface area contributed by atoms with Crippen LogP contribution in [0.5, 0.6) is 0 Å². The molecule has 2 aliphatic rings. The molecule has 0 radical (unpaired) electrons. The van der Waals surface area contributed by atoms with Gasteiger partial charge in [0.2, 0.25) is 0 Å². The molecule has 0 spiro atoms. The summed E-state index contributed by atoms with van der Waals surface area (Å²) in [6.07, 6.45) is 4.93. The van der Waals surface area contributed by atoms with Crippen LogP contribution in [0.2, 0.25) is 0 Å². The number of hydrogen-bond acceptors (Lipinski definition) is 2. The molecule has 132 valence electrons. The van der Waals surface area contributed by atoms with Gasteiger partial charge in [-0.25, -0.2) is 0 Å². The fraction of sp³-hybridized carbons (Fsp3) is 0.667. The number of nitrogens with one attached hydrogen (secondary N) is 1. The number of rotatable bonds is 5. The van der Waals surface area contributed by atoms with Gasteiger partial charge in [0.25, 0.3) is 5.91 Å². The Balaban J connectivity index is 1.82. The molecule has 0 aromatic heterocycles. The molecule has 1 aromatic rings. The highest BCUT2D eigenvalue weighted by Crippen LogP contribution is 2.36. The average Bonchev–Trinajstić information content (AvgIpc) is 2.82. The van der Waals surface area contributed by atoms with Crippen LogP contribution in [0.3, 0.4) is 0 Å². The van der Waals surface area contributed by atoms with Crippen molar-refractivity contribution in [1.82, 2.24) is 10.2 Å². The monoisotopic (exact) mass is 328 g/mol. The molecule has 1 aliphatic heterocycles. The minimum absolute atomic E-state index is 0.0465. The summed E-state index contributed by atoms with van der Waals surface area (Å²) in [5.41, 5.74) is 2.05. The van der Waals surface area contributed by atoms with Gasteiger partial charge in [-0.3, -0.25) is 10.1 Å². The zero-order chi connectivity index (χ0) is 17.3. The first-order valence-electron chi connectivity index (χ1n) is 9.65. The zero-order valence-corrected chi connectivity index (χ0v) is 15.6. The maximum absolute atomic E-state index is 12.9. The molecule has 1 saturated carbocycles. The topological polar surface area (TPSA) is 32.3 Å². The molecule has 3 rings (SSSR count). The molecule has 0 bridgehead atoms. The second kappa shape index (κ2) is 7.26. The Morgan fingerprint density at radius 3 is 2.71 bits per heavy atom. The molecule has 3 nitrogen and oxygen atoms in total. The standard InChI is InChI=1S/C21H32N2O/c1-14(2)12-13-23-20(17-9-5-6-10-18(17)21(23)24)22-19-11-7-8-15(3)16(19)4/h5-6,9-10,14-16,19-20,22H,7-8,11-13H2,1-4H3/t15-,16-,19+,20+/m0/s1. The van der Waals surface area contributed by atoms with Gasteiger partial charge in [0.1, 0.15) is 6.17 Å². The third kappa shape index (κ3) is 3.37. The molecule has 3 heteroatoms. The first-order valence-corrected chi connectivity index (χ1v) is 9.65. The molecule has 1 heterocycles. The lowest BCUT2D eigenvalue weighted by Crippen LogP contribution is -2.47. The number of benzene rings is 1. The Morgan fingerprint density at radius 1 is 1.21 bits per heavy atom. The average molecular weight is 329 g/mol. The van der Waals surface area contributed by atoms with E-state index in [0.29, 0.717) is 17.9 Å². The first kappa shape index (κ1) is 17.5. The van der Waals surface area contributed by atoms with Crippen LogP contribution in [0.1, 0.15) is 75.5 Å². The molecule has 1 aliphatic carbocycles. The van der Waals surface area contributed by atoms with Crippen LogP contribution >= 0.6 is 0 Å². The summed E-state index contributed by atoms with van der Waals surface area (Å²) in [5, 5.41) is 3.86. The molecule has 0 unspecified atom stereocenters. The lowest BCUT2D eigenvalue weighted by molar-refractivity contribution is 0.0632. The van der Waals surface area contributed by atoms with Gasteiger partial charge >= 0.3 is 0 Å². The smallest absolute Gasteiger partial charge is 0.255 e. The van der Waals surface area contributed by atoms with Gasteiger partial charge < -0.3 is 4.90 Å². The van der Waals surface area contributed by atoms with E-state index < -0.39 is 0 Å². The van der Waals surface area contributed by atoms with Crippen LogP contribution in [-0.2, 0) is 0 Å². The Hall–Kier alpha value is -1.35. The number of fused-ring (bicyclic) bond motifs is 1. The van der Waals surface area contributed by atoms with Crippen LogP contribution in [0.15, 0.2) is 24.3 Å². The van der Waals surface area contributed by atoms with E-state index >= 15 is 0 Å². The van der Waals surface area contributed by atoms with E-state index in [1.807, 2.05) is 12.1 Å². The van der Waals surface area contributed by atoms with Gasteiger partial charge in [-0.2, -0.15) is 0 Å². The van der Waals surface area contributed by atoms with E-state index in [4.69, 9.17) is 0 Å². The van der Waals surface area contributed by atoms with Crippen molar-refractivity contribution in [3.05, 3.63) is 35.4 Å². The third-order valence-corrected chi connectivity index (χ3v) is 6.08. The van der Waals surface area contributed by atoms with Gasteiger partial charge in [-0.15, -0.1) is 0 Å². The Morgan fingerprint density at radius 2 is 1.96 bits per heavy atom. The molecular formula is C21H32N2O. The zero-order valence-electron chi connectivity index (χ0n) is 15.6. The highest BCUT2D eigenvalue weighted by Gasteiger charge is 2.39.